The first kappa shape index (κ1) is 17.9. The van der Waals surface area contributed by atoms with Crippen LogP contribution in [0, 0.1) is 0 Å². The summed E-state index contributed by atoms with van der Waals surface area (Å²) in [5.41, 5.74) is 0.658. The van der Waals surface area contributed by atoms with Crippen LogP contribution in [0.25, 0.3) is 0 Å². The molecule has 0 bridgehead atoms. The fourth-order valence-electron chi connectivity index (χ4n) is 2.19. The maximum Gasteiger partial charge on any atom is 0.244 e. The van der Waals surface area contributed by atoms with Crippen LogP contribution >= 0.6 is 0 Å². The van der Waals surface area contributed by atoms with E-state index in [1.807, 2.05) is 12.1 Å². The largest absolute Gasteiger partial charge is 0.380 e. The summed E-state index contributed by atoms with van der Waals surface area (Å²) in [6, 6.07) is 7.22. The van der Waals surface area contributed by atoms with Gasteiger partial charge in [0, 0.05) is 26.7 Å². The van der Waals surface area contributed by atoms with Gasteiger partial charge in [-0.15, -0.1) is 0 Å². The summed E-state index contributed by atoms with van der Waals surface area (Å²) in [6.07, 6.45) is 0. The summed E-state index contributed by atoms with van der Waals surface area (Å²) in [7, 11) is -0.341. The van der Waals surface area contributed by atoms with Crippen LogP contribution in [0.4, 0.5) is 5.69 Å². The standard InChI is InChI=1S/C15H27N3O2S/c1-6-18(7-2)12-13(3)16-14-10-8-9-11-15(14)21(19,20)17(4)5/h8-11,13,16H,6-7,12H2,1-5H3. The molecule has 1 N–H and O–H groups in total. The Balaban J connectivity index is 2.95. The van der Waals surface area contributed by atoms with Crippen molar-refractivity contribution < 1.29 is 8.42 Å². The number of hydrogen-bond donors (Lipinski definition) is 1. The Bertz CT molecular complexity index is 540. The molecule has 1 unspecified atom stereocenters. The lowest BCUT2D eigenvalue weighted by Crippen LogP contribution is -2.35. The van der Waals surface area contributed by atoms with Gasteiger partial charge in [-0.25, -0.2) is 12.7 Å². The van der Waals surface area contributed by atoms with Crippen LogP contribution in [-0.4, -0.2) is 57.4 Å². The number of benzene rings is 1. The van der Waals surface area contributed by atoms with Gasteiger partial charge >= 0.3 is 0 Å². The second-order valence-electron chi connectivity index (χ2n) is 5.31. The lowest BCUT2D eigenvalue weighted by Gasteiger charge is -2.25. The van der Waals surface area contributed by atoms with E-state index in [0.717, 1.165) is 19.6 Å². The minimum Gasteiger partial charge on any atom is -0.380 e. The Labute approximate surface area is 129 Å². The molecule has 0 aromatic heterocycles. The van der Waals surface area contributed by atoms with Crippen molar-refractivity contribution in [1.82, 2.24) is 9.21 Å². The predicted octanol–water partition coefficient (Wildman–Crippen LogP) is 2.08. The van der Waals surface area contributed by atoms with Crippen LogP contribution in [0.3, 0.4) is 0 Å². The quantitative estimate of drug-likeness (QED) is 0.798. The molecule has 0 aliphatic heterocycles. The van der Waals surface area contributed by atoms with Gasteiger partial charge in [-0.3, -0.25) is 0 Å². The number of rotatable bonds is 8. The Morgan fingerprint density at radius 2 is 1.71 bits per heavy atom. The molecule has 0 spiro atoms. The summed E-state index contributed by atoms with van der Waals surface area (Å²) >= 11 is 0. The molecule has 0 aliphatic carbocycles. The molecule has 1 aromatic carbocycles. The Kier molecular flexibility index (Phi) is 6.64. The van der Waals surface area contributed by atoms with Gasteiger partial charge in [-0.1, -0.05) is 26.0 Å². The van der Waals surface area contributed by atoms with E-state index in [4.69, 9.17) is 0 Å². The molecule has 0 saturated heterocycles. The molecule has 1 rings (SSSR count). The van der Waals surface area contributed by atoms with Gasteiger partial charge in [0.1, 0.15) is 4.90 Å². The first-order valence-electron chi connectivity index (χ1n) is 7.33. The number of nitrogens with one attached hydrogen (secondary N) is 1. The fraction of sp³-hybridized carbons (Fsp3) is 0.600. The predicted molar refractivity (Wildman–Crippen MR) is 88.2 cm³/mol. The van der Waals surface area contributed by atoms with Crippen molar-refractivity contribution in [3.8, 4) is 0 Å². The number of anilines is 1. The number of hydrogen-bond acceptors (Lipinski definition) is 4. The minimum atomic E-state index is -3.44. The lowest BCUT2D eigenvalue weighted by atomic mass is 10.2. The molecule has 0 aliphatic rings. The SMILES string of the molecule is CCN(CC)CC(C)Nc1ccccc1S(=O)(=O)N(C)C. The molecular formula is C15H27N3O2S. The van der Waals surface area contributed by atoms with E-state index in [-0.39, 0.29) is 6.04 Å². The molecule has 21 heavy (non-hydrogen) atoms. The highest BCUT2D eigenvalue weighted by Crippen LogP contribution is 2.23. The maximum absolute atomic E-state index is 12.3. The molecule has 0 radical (unpaired) electrons. The van der Waals surface area contributed by atoms with Gasteiger partial charge < -0.3 is 10.2 Å². The zero-order chi connectivity index (χ0) is 16.0. The topological polar surface area (TPSA) is 52.7 Å². The van der Waals surface area contributed by atoms with Gasteiger partial charge in [-0.2, -0.15) is 0 Å². The molecule has 0 heterocycles. The molecule has 0 amide bonds. The highest BCUT2D eigenvalue weighted by Gasteiger charge is 2.21. The summed E-state index contributed by atoms with van der Waals surface area (Å²) < 4.78 is 25.9. The number of sulfonamides is 1. The van der Waals surface area contributed by atoms with Crippen LogP contribution in [0.1, 0.15) is 20.8 Å². The molecule has 1 aromatic rings. The van der Waals surface area contributed by atoms with Crippen molar-refractivity contribution in [2.75, 3.05) is 39.0 Å². The first-order valence-corrected chi connectivity index (χ1v) is 8.77. The van der Waals surface area contributed by atoms with E-state index < -0.39 is 10.0 Å². The van der Waals surface area contributed by atoms with E-state index >= 15 is 0 Å². The van der Waals surface area contributed by atoms with Crippen molar-refractivity contribution in [2.24, 2.45) is 0 Å². The van der Waals surface area contributed by atoms with E-state index in [9.17, 15) is 8.42 Å². The van der Waals surface area contributed by atoms with Gasteiger partial charge in [0.05, 0.1) is 5.69 Å². The van der Waals surface area contributed by atoms with Crippen molar-refractivity contribution in [2.45, 2.75) is 31.7 Å². The molecule has 0 saturated carbocycles. The Morgan fingerprint density at radius 3 is 2.24 bits per heavy atom. The van der Waals surface area contributed by atoms with Crippen molar-refractivity contribution >= 4 is 15.7 Å². The Hall–Kier alpha value is -1.11. The van der Waals surface area contributed by atoms with E-state index in [0.29, 0.717) is 10.6 Å². The number of likely N-dealkylation sites (N-methyl/N-ethyl adjacent to an activating group) is 1. The van der Waals surface area contributed by atoms with Crippen molar-refractivity contribution in [3.63, 3.8) is 0 Å². The lowest BCUT2D eigenvalue weighted by molar-refractivity contribution is 0.294. The summed E-state index contributed by atoms with van der Waals surface area (Å²) in [5.74, 6) is 0. The highest BCUT2D eigenvalue weighted by molar-refractivity contribution is 7.89. The number of para-hydroxylation sites is 1. The summed E-state index contributed by atoms with van der Waals surface area (Å²) in [6.45, 7) is 9.17. The van der Waals surface area contributed by atoms with Gasteiger partial charge in [0.25, 0.3) is 0 Å². The monoisotopic (exact) mass is 313 g/mol. The van der Waals surface area contributed by atoms with E-state index in [2.05, 4.69) is 31.0 Å². The van der Waals surface area contributed by atoms with Crippen LogP contribution < -0.4 is 5.32 Å². The van der Waals surface area contributed by atoms with E-state index in [1.165, 1.54) is 4.31 Å². The van der Waals surface area contributed by atoms with Crippen molar-refractivity contribution in [3.05, 3.63) is 24.3 Å². The second kappa shape index (κ2) is 7.77. The zero-order valence-corrected chi connectivity index (χ0v) is 14.4. The number of nitrogens with zero attached hydrogens (tertiary/aromatic N) is 2. The summed E-state index contributed by atoms with van der Waals surface area (Å²) in [5, 5.41) is 3.32. The summed E-state index contributed by atoms with van der Waals surface area (Å²) in [4.78, 5) is 2.63. The van der Waals surface area contributed by atoms with E-state index in [1.54, 1.807) is 26.2 Å². The van der Waals surface area contributed by atoms with Crippen LogP contribution in [-0.2, 0) is 10.0 Å². The molecule has 120 valence electrons. The second-order valence-corrected chi connectivity index (χ2v) is 7.44. The smallest absolute Gasteiger partial charge is 0.244 e. The maximum atomic E-state index is 12.3. The average molecular weight is 313 g/mol. The third-order valence-corrected chi connectivity index (χ3v) is 5.35. The van der Waals surface area contributed by atoms with Gasteiger partial charge in [0.2, 0.25) is 10.0 Å². The van der Waals surface area contributed by atoms with Gasteiger partial charge in [0.15, 0.2) is 0 Å². The normalized spacial score (nSPS) is 13.7. The fourth-order valence-corrected chi connectivity index (χ4v) is 3.24. The Morgan fingerprint density at radius 1 is 1.14 bits per heavy atom. The molecular weight excluding hydrogens is 286 g/mol. The van der Waals surface area contributed by atoms with Crippen molar-refractivity contribution in [1.29, 1.82) is 0 Å². The molecule has 6 heteroatoms. The van der Waals surface area contributed by atoms with Crippen LogP contribution in [0.15, 0.2) is 29.2 Å². The average Bonchev–Trinajstić information content (AvgIpc) is 2.44. The van der Waals surface area contributed by atoms with Gasteiger partial charge in [-0.05, 0) is 32.1 Å². The van der Waals surface area contributed by atoms with Crippen LogP contribution in [0.5, 0.6) is 0 Å². The third kappa shape index (κ3) is 4.69. The first-order chi connectivity index (χ1) is 9.82. The molecule has 0 fully saturated rings. The molecule has 1 atom stereocenters. The minimum absolute atomic E-state index is 0.170. The third-order valence-electron chi connectivity index (χ3n) is 3.47. The molecule has 5 nitrogen and oxygen atoms in total. The van der Waals surface area contributed by atoms with Crippen LogP contribution in [0.2, 0.25) is 0 Å². The zero-order valence-electron chi connectivity index (χ0n) is 13.6. The highest BCUT2D eigenvalue weighted by atomic mass is 32.2.